The first kappa shape index (κ1) is 21.0. The lowest BCUT2D eigenvalue weighted by atomic mass is 10.2. The molecule has 21 heavy (non-hydrogen) atoms. The number of rotatable bonds is 5. The predicted molar refractivity (Wildman–Crippen MR) is 92.8 cm³/mol. The molecule has 0 aliphatic carbocycles. The molecule has 3 nitrogen and oxygen atoms in total. The van der Waals surface area contributed by atoms with Crippen molar-refractivity contribution >= 4 is 5.91 Å². The molecule has 0 bridgehead atoms. The highest BCUT2D eigenvalue weighted by atomic mass is 16.2. The van der Waals surface area contributed by atoms with Crippen LogP contribution in [0.4, 0.5) is 0 Å². The van der Waals surface area contributed by atoms with Gasteiger partial charge in [-0.3, -0.25) is 15.6 Å². The summed E-state index contributed by atoms with van der Waals surface area (Å²) in [6.07, 6.45) is 7.13. The fraction of sp³-hybridized carbons (Fsp3) is 0.278. The predicted octanol–water partition coefficient (Wildman–Crippen LogP) is 4.62. The Bertz CT molecular complexity index is 434. The number of allylic oxidation sites excluding steroid dienone is 4. The van der Waals surface area contributed by atoms with Crippen molar-refractivity contribution in [2.45, 2.75) is 34.6 Å². The second kappa shape index (κ2) is 15.8. The fourth-order valence-corrected chi connectivity index (χ4v) is 1.24. The van der Waals surface area contributed by atoms with Gasteiger partial charge in [0.25, 0.3) is 5.91 Å². The molecule has 0 heterocycles. The first-order valence-electron chi connectivity index (χ1n) is 7.34. The summed E-state index contributed by atoms with van der Waals surface area (Å²) in [5.41, 5.74) is 6.82. The summed E-state index contributed by atoms with van der Waals surface area (Å²) in [6, 6.07) is 9.02. The Morgan fingerprint density at radius 3 is 2.10 bits per heavy atom. The minimum absolute atomic E-state index is 0.176. The van der Waals surface area contributed by atoms with Crippen LogP contribution >= 0.6 is 0 Å². The van der Waals surface area contributed by atoms with Crippen molar-refractivity contribution in [2.75, 3.05) is 0 Å². The highest BCUT2D eigenvalue weighted by molar-refractivity contribution is 5.93. The lowest BCUT2D eigenvalue weighted by Crippen LogP contribution is -2.36. The molecule has 2 N–H and O–H groups in total. The van der Waals surface area contributed by atoms with Crippen LogP contribution in [0, 0.1) is 0 Å². The highest BCUT2D eigenvalue weighted by Gasteiger charge is 2.02. The first-order chi connectivity index (χ1) is 10.3. The summed E-state index contributed by atoms with van der Waals surface area (Å²) < 4.78 is 0. The van der Waals surface area contributed by atoms with Gasteiger partial charge in [-0.15, -0.1) is 0 Å². The molecule has 1 aromatic rings. The molecule has 0 saturated carbocycles. The quantitative estimate of drug-likeness (QED) is 0.613. The van der Waals surface area contributed by atoms with E-state index in [1.165, 1.54) is 0 Å². The Hall–Kier alpha value is -2.29. The van der Waals surface area contributed by atoms with Gasteiger partial charge in [0.15, 0.2) is 0 Å². The van der Waals surface area contributed by atoms with Crippen LogP contribution in [0.2, 0.25) is 0 Å². The fourth-order valence-electron chi connectivity index (χ4n) is 1.24. The smallest absolute Gasteiger partial charge is 0.269 e. The van der Waals surface area contributed by atoms with Gasteiger partial charge in [-0.05, 0) is 31.2 Å². The third-order valence-corrected chi connectivity index (χ3v) is 2.00. The molecule has 0 radical (unpaired) electrons. The van der Waals surface area contributed by atoms with E-state index < -0.39 is 0 Å². The van der Waals surface area contributed by atoms with Crippen LogP contribution in [-0.2, 0) is 0 Å². The van der Waals surface area contributed by atoms with Crippen LogP contribution in [0.3, 0.4) is 0 Å². The normalized spacial score (nSPS) is 9.67. The minimum Gasteiger partial charge on any atom is -0.298 e. The standard InChI is InChI=1S/C14H16N2O.2C2H6/c1-3-8-13(9-4-2)15-16-14(17)12-10-6-5-7-11-12;2*1-2/h3-11,15H,1H2,2H3,(H,16,17);2*1-2H3/b9-4-,13-8+;;. The number of benzene rings is 1. The number of nitrogens with one attached hydrogen (secondary N) is 2. The summed E-state index contributed by atoms with van der Waals surface area (Å²) in [6.45, 7) is 13.5. The molecule has 0 unspecified atom stereocenters. The summed E-state index contributed by atoms with van der Waals surface area (Å²) in [5, 5.41) is 0. The summed E-state index contributed by atoms with van der Waals surface area (Å²) in [7, 11) is 0. The second-order valence-corrected chi connectivity index (χ2v) is 3.30. The zero-order chi connectivity index (χ0) is 16.5. The molecule has 1 aromatic carbocycles. The third kappa shape index (κ3) is 10.2. The first-order valence-corrected chi connectivity index (χ1v) is 7.34. The monoisotopic (exact) mass is 288 g/mol. The molecule has 0 aromatic heterocycles. The van der Waals surface area contributed by atoms with Gasteiger partial charge in [0.2, 0.25) is 0 Å². The van der Waals surface area contributed by atoms with E-state index in [1.807, 2.05) is 65.0 Å². The van der Waals surface area contributed by atoms with Crippen LogP contribution in [0.15, 0.2) is 66.9 Å². The van der Waals surface area contributed by atoms with Gasteiger partial charge in [0.05, 0.1) is 5.70 Å². The van der Waals surface area contributed by atoms with Crippen LogP contribution in [0.5, 0.6) is 0 Å². The average molecular weight is 288 g/mol. The maximum Gasteiger partial charge on any atom is 0.269 e. The van der Waals surface area contributed by atoms with Gasteiger partial charge in [-0.1, -0.05) is 64.6 Å². The van der Waals surface area contributed by atoms with E-state index in [0.717, 1.165) is 5.70 Å². The van der Waals surface area contributed by atoms with E-state index in [2.05, 4.69) is 17.4 Å². The molecule has 0 fully saturated rings. The van der Waals surface area contributed by atoms with Crippen molar-refractivity contribution in [3.8, 4) is 0 Å². The van der Waals surface area contributed by atoms with E-state index in [9.17, 15) is 4.79 Å². The van der Waals surface area contributed by atoms with Crippen molar-refractivity contribution in [1.82, 2.24) is 10.9 Å². The number of carbonyl (C=O) groups excluding carboxylic acids is 1. The number of hydrogen-bond acceptors (Lipinski definition) is 2. The zero-order valence-corrected chi connectivity index (χ0v) is 13.8. The third-order valence-electron chi connectivity index (χ3n) is 2.00. The van der Waals surface area contributed by atoms with Gasteiger partial charge in [-0.2, -0.15) is 0 Å². The summed E-state index contributed by atoms with van der Waals surface area (Å²) in [5.74, 6) is -0.176. The maximum absolute atomic E-state index is 11.7. The van der Waals surface area contributed by atoms with Gasteiger partial charge >= 0.3 is 0 Å². The maximum atomic E-state index is 11.7. The minimum atomic E-state index is -0.176. The van der Waals surface area contributed by atoms with Crippen molar-refractivity contribution < 1.29 is 4.79 Å². The Labute approximate surface area is 129 Å². The molecule has 1 amide bonds. The number of amides is 1. The molecule has 0 atom stereocenters. The van der Waals surface area contributed by atoms with Crippen molar-refractivity contribution in [3.05, 3.63) is 72.5 Å². The van der Waals surface area contributed by atoms with Gasteiger partial charge in [0, 0.05) is 5.56 Å². The van der Waals surface area contributed by atoms with E-state index in [0.29, 0.717) is 5.56 Å². The van der Waals surface area contributed by atoms with Crippen molar-refractivity contribution in [2.24, 2.45) is 0 Å². The van der Waals surface area contributed by atoms with Crippen LogP contribution in [0.25, 0.3) is 0 Å². The van der Waals surface area contributed by atoms with E-state index in [4.69, 9.17) is 0 Å². The SMILES string of the molecule is C=C/C=C(\C=C/C)NNC(=O)c1ccccc1.CC.CC. The molecule has 3 heteroatoms. The van der Waals surface area contributed by atoms with Crippen LogP contribution in [0.1, 0.15) is 45.0 Å². The van der Waals surface area contributed by atoms with E-state index in [1.54, 1.807) is 24.3 Å². The Balaban J connectivity index is 0. The van der Waals surface area contributed by atoms with E-state index >= 15 is 0 Å². The lowest BCUT2D eigenvalue weighted by Gasteiger charge is -2.08. The Kier molecular flexibility index (Phi) is 15.8. The number of carbonyl (C=O) groups is 1. The largest absolute Gasteiger partial charge is 0.298 e. The second-order valence-electron chi connectivity index (χ2n) is 3.30. The van der Waals surface area contributed by atoms with Crippen molar-refractivity contribution in [3.63, 3.8) is 0 Å². The highest BCUT2D eigenvalue weighted by Crippen LogP contribution is 1.97. The van der Waals surface area contributed by atoms with Crippen LogP contribution in [-0.4, -0.2) is 5.91 Å². The summed E-state index contributed by atoms with van der Waals surface area (Å²) >= 11 is 0. The average Bonchev–Trinajstić information content (AvgIpc) is 2.57. The van der Waals surface area contributed by atoms with Gasteiger partial charge in [-0.25, -0.2) is 0 Å². The topological polar surface area (TPSA) is 41.1 Å². The number of hydrazine groups is 1. The molecular formula is C18H28N2O. The molecule has 0 aliphatic rings. The molecule has 0 saturated heterocycles. The number of hydrogen-bond donors (Lipinski definition) is 2. The summed E-state index contributed by atoms with van der Waals surface area (Å²) in [4.78, 5) is 11.7. The molecule has 0 spiro atoms. The molecule has 0 aliphatic heterocycles. The van der Waals surface area contributed by atoms with Crippen LogP contribution < -0.4 is 10.9 Å². The van der Waals surface area contributed by atoms with E-state index in [-0.39, 0.29) is 5.91 Å². The lowest BCUT2D eigenvalue weighted by molar-refractivity contribution is 0.0939. The molecule has 1 rings (SSSR count). The Morgan fingerprint density at radius 2 is 1.62 bits per heavy atom. The zero-order valence-electron chi connectivity index (χ0n) is 13.8. The Morgan fingerprint density at radius 1 is 1.05 bits per heavy atom. The van der Waals surface area contributed by atoms with Crippen molar-refractivity contribution in [1.29, 1.82) is 0 Å². The molecular weight excluding hydrogens is 260 g/mol. The van der Waals surface area contributed by atoms with Gasteiger partial charge < -0.3 is 0 Å². The molecule has 116 valence electrons. The van der Waals surface area contributed by atoms with Gasteiger partial charge in [0.1, 0.15) is 0 Å².